The molecule has 132 valence electrons. The Labute approximate surface area is 150 Å². The molecule has 7 heteroatoms. The average molecular weight is 369 g/mol. The number of ether oxygens (including phenoxy) is 1. The number of sulfonamides is 1. The summed E-state index contributed by atoms with van der Waals surface area (Å²) in [5.74, 6) is -0.657. The van der Waals surface area contributed by atoms with Crippen LogP contribution in [0.15, 0.2) is 65.6 Å². The number of aldehydes is 1. The van der Waals surface area contributed by atoms with E-state index in [1.165, 1.54) is 25.1 Å². The molecule has 1 N–H and O–H groups in total. The van der Waals surface area contributed by atoms with Crippen LogP contribution in [0.5, 0.6) is 5.75 Å². The van der Waals surface area contributed by atoms with E-state index in [1.807, 2.05) is 0 Å². The maximum absolute atomic E-state index is 12.9. The summed E-state index contributed by atoms with van der Waals surface area (Å²) in [4.78, 5) is 22.2. The summed E-state index contributed by atoms with van der Waals surface area (Å²) in [6.07, 6.45) is 0.623. The Kier molecular flexibility index (Phi) is 4.73. The van der Waals surface area contributed by atoms with E-state index < -0.39 is 16.0 Å². The van der Waals surface area contributed by atoms with Crippen LogP contribution < -0.4 is 9.46 Å². The molecule has 0 saturated carbocycles. The largest absolute Gasteiger partial charge is 0.425 e. The molecular formula is C19H15NO5S. The minimum atomic E-state index is -4.05. The third kappa shape index (κ3) is 3.57. The maximum Gasteiger partial charge on any atom is 0.308 e. The molecule has 3 rings (SSSR count). The van der Waals surface area contributed by atoms with Gasteiger partial charge in [-0.3, -0.25) is 14.3 Å². The molecule has 0 aliphatic heterocycles. The van der Waals surface area contributed by atoms with Crippen LogP contribution in [0.4, 0.5) is 5.69 Å². The zero-order valence-corrected chi connectivity index (χ0v) is 14.6. The smallest absolute Gasteiger partial charge is 0.308 e. The number of carbonyl (C=O) groups is 2. The number of hydrogen-bond donors (Lipinski definition) is 1. The van der Waals surface area contributed by atoms with Gasteiger partial charge in [0.1, 0.15) is 11.2 Å². The van der Waals surface area contributed by atoms with Gasteiger partial charge in [-0.1, -0.05) is 42.5 Å². The molecule has 0 saturated heterocycles. The van der Waals surface area contributed by atoms with Crippen LogP contribution in [0, 0.1) is 0 Å². The highest BCUT2D eigenvalue weighted by atomic mass is 32.2. The Balaban J connectivity index is 2.12. The van der Waals surface area contributed by atoms with Gasteiger partial charge in [0.15, 0.2) is 5.75 Å². The molecule has 3 aromatic rings. The Morgan fingerprint density at radius 3 is 2.54 bits per heavy atom. The fourth-order valence-corrected chi connectivity index (χ4v) is 3.76. The number of rotatable bonds is 5. The van der Waals surface area contributed by atoms with Gasteiger partial charge >= 0.3 is 5.97 Å². The Bertz CT molecular complexity index is 1110. The van der Waals surface area contributed by atoms with Crippen LogP contribution in [0.1, 0.15) is 17.3 Å². The van der Waals surface area contributed by atoms with Gasteiger partial charge in [-0.05, 0) is 23.6 Å². The highest BCUT2D eigenvalue weighted by Crippen LogP contribution is 2.34. The fraction of sp³-hybridized carbons (Fsp3) is 0.0526. The summed E-state index contributed by atoms with van der Waals surface area (Å²) in [6.45, 7) is 1.21. The van der Waals surface area contributed by atoms with E-state index in [1.54, 1.807) is 42.5 Å². The van der Waals surface area contributed by atoms with E-state index in [0.717, 1.165) is 5.39 Å². The second-order valence-corrected chi connectivity index (χ2v) is 7.21. The number of fused-ring (bicyclic) bond motifs is 1. The first-order chi connectivity index (χ1) is 12.4. The van der Waals surface area contributed by atoms with Gasteiger partial charge in [0, 0.05) is 23.6 Å². The number of nitrogens with one attached hydrogen (secondary N) is 1. The van der Waals surface area contributed by atoms with Crippen molar-refractivity contribution in [2.24, 2.45) is 0 Å². The fourth-order valence-electron chi connectivity index (χ4n) is 2.57. The van der Waals surface area contributed by atoms with Crippen molar-refractivity contribution in [2.75, 3.05) is 4.72 Å². The highest BCUT2D eigenvalue weighted by molar-refractivity contribution is 7.92. The minimum absolute atomic E-state index is 0.0327. The first-order valence-corrected chi connectivity index (χ1v) is 9.17. The molecule has 26 heavy (non-hydrogen) atoms. The molecule has 0 fully saturated rings. The molecule has 0 radical (unpaired) electrons. The van der Waals surface area contributed by atoms with Crippen LogP contribution in [0.25, 0.3) is 10.8 Å². The van der Waals surface area contributed by atoms with Crippen molar-refractivity contribution >= 4 is 38.7 Å². The number of hydrogen-bond acceptors (Lipinski definition) is 5. The Morgan fingerprint density at radius 2 is 1.81 bits per heavy atom. The lowest BCUT2D eigenvalue weighted by atomic mass is 10.1. The second-order valence-electron chi connectivity index (χ2n) is 5.56. The molecule has 6 nitrogen and oxygen atoms in total. The average Bonchev–Trinajstić information content (AvgIpc) is 2.61. The van der Waals surface area contributed by atoms with Crippen molar-refractivity contribution in [3.63, 3.8) is 0 Å². The van der Waals surface area contributed by atoms with Gasteiger partial charge in [0.25, 0.3) is 10.0 Å². The van der Waals surface area contributed by atoms with E-state index in [0.29, 0.717) is 17.2 Å². The first-order valence-electron chi connectivity index (χ1n) is 7.69. The number of carbonyl (C=O) groups excluding carboxylic acids is 2. The monoisotopic (exact) mass is 369 g/mol. The molecule has 0 aliphatic carbocycles. The van der Waals surface area contributed by atoms with Crippen LogP contribution >= 0.6 is 0 Å². The van der Waals surface area contributed by atoms with E-state index in [9.17, 15) is 18.0 Å². The zero-order chi connectivity index (χ0) is 18.7. The summed E-state index contributed by atoms with van der Waals surface area (Å²) in [5, 5.41) is 1.25. The summed E-state index contributed by atoms with van der Waals surface area (Å²) in [7, 11) is -4.05. The second kappa shape index (κ2) is 6.97. The molecule has 0 spiro atoms. The van der Waals surface area contributed by atoms with Crippen molar-refractivity contribution in [3.05, 3.63) is 66.2 Å². The van der Waals surface area contributed by atoms with Crippen molar-refractivity contribution in [1.29, 1.82) is 0 Å². The summed E-state index contributed by atoms with van der Waals surface area (Å²) in [5.41, 5.74) is 0.570. The lowest BCUT2D eigenvalue weighted by Crippen LogP contribution is -2.16. The van der Waals surface area contributed by atoms with Gasteiger partial charge < -0.3 is 4.74 Å². The van der Waals surface area contributed by atoms with E-state index in [4.69, 9.17) is 4.74 Å². The summed E-state index contributed by atoms with van der Waals surface area (Å²) >= 11 is 0. The van der Waals surface area contributed by atoms with Gasteiger partial charge in [-0.2, -0.15) is 0 Å². The standard InChI is InChI=1S/C19H15NO5S/c1-13(22)25-19-17-8-3-2-6-15(17)9-10-18(19)26(23,24)20-16-7-4-5-14(11-16)12-21/h2-12,20H,1H3. The molecule has 0 heterocycles. The van der Waals surface area contributed by atoms with Crippen LogP contribution in [0.3, 0.4) is 0 Å². The molecule has 0 aliphatic rings. The summed E-state index contributed by atoms with van der Waals surface area (Å²) < 4.78 is 33.3. The summed E-state index contributed by atoms with van der Waals surface area (Å²) in [6, 6.07) is 16.1. The zero-order valence-electron chi connectivity index (χ0n) is 13.8. The molecule has 0 amide bonds. The van der Waals surface area contributed by atoms with Crippen LogP contribution in [0.2, 0.25) is 0 Å². The normalized spacial score (nSPS) is 11.1. The van der Waals surface area contributed by atoms with E-state index >= 15 is 0 Å². The molecular weight excluding hydrogens is 354 g/mol. The highest BCUT2D eigenvalue weighted by Gasteiger charge is 2.23. The third-order valence-corrected chi connectivity index (χ3v) is 5.06. The number of anilines is 1. The van der Waals surface area contributed by atoms with Crippen LogP contribution in [-0.2, 0) is 14.8 Å². The molecule has 0 atom stereocenters. The van der Waals surface area contributed by atoms with Crippen molar-refractivity contribution in [2.45, 2.75) is 11.8 Å². The molecule has 0 aromatic heterocycles. The van der Waals surface area contributed by atoms with Crippen molar-refractivity contribution < 1.29 is 22.7 Å². The van der Waals surface area contributed by atoms with E-state index in [2.05, 4.69) is 4.72 Å². The first kappa shape index (κ1) is 17.6. The van der Waals surface area contributed by atoms with Crippen molar-refractivity contribution in [3.8, 4) is 5.75 Å². The van der Waals surface area contributed by atoms with E-state index in [-0.39, 0.29) is 16.3 Å². The third-order valence-electron chi connectivity index (χ3n) is 3.65. The lowest BCUT2D eigenvalue weighted by Gasteiger charge is -2.14. The topological polar surface area (TPSA) is 89.5 Å². The predicted octanol–water partition coefficient (Wildman–Crippen LogP) is 3.38. The molecule has 0 unspecified atom stereocenters. The number of benzene rings is 3. The minimum Gasteiger partial charge on any atom is -0.425 e. The Morgan fingerprint density at radius 1 is 1.04 bits per heavy atom. The van der Waals surface area contributed by atoms with Crippen molar-refractivity contribution in [1.82, 2.24) is 0 Å². The Hall–Kier alpha value is -3.19. The quantitative estimate of drug-likeness (QED) is 0.423. The van der Waals surface area contributed by atoms with Gasteiger partial charge in [0.05, 0.1) is 0 Å². The van der Waals surface area contributed by atoms with Gasteiger partial charge in [0.2, 0.25) is 0 Å². The maximum atomic E-state index is 12.9. The van der Waals surface area contributed by atoms with Crippen LogP contribution in [-0.4, -0.2) is 20.7 Å². The molecule has 0 bridgehead atoms. The van der Waals surface area contributed by atoms with Gasteiger partial charge in [-0.15, -0.1) is 0 Å². The molecule has 3 aromatic carbocycles. The number of esters is 1. The van der Waals surface area contributed by atoms with Gasteiger partial charge in [-0.25, -0.2) is 8.42 Å². The lowest BCUT2D eigenvalue weighted by molar-refractivity contribution is -0.131. The SMILES string of the molecule is CC(=O)Oc1c(S(=O)(=O)Nc2cccc(C=O)c2)ccc2ccccc12. The predicted molar refractivity (Wildman–Crippen MR) is 97.9 cm³/mol.